The van der Waals surface area contributed by atoms with Gasteiger partial charge in [-0.05, 0) is 12.1 Å². The molecule has 2 N–H and O–H groups in total. The van der Waals surface area contributed by atoms with Crippen molar-refractivity contribution in [3.8, 4) is 5.82 Å². The van der Waals surface area contributed by atoms with Crippen molar-refractivity contribution in [2.24, 2.45) is 0 Å². The van der Waals surface area contributed by atoms with Crippen LogP contribution >= 0.6 is 0 Å². The van der Waals surface area contributed by atoms with Crippen LogP contribution in [0.5, 0.6) is 0 Å². The van der Waals surface area contributed by atoms with Crippen LogP contribution < -0.4 is 5.73 Å². The molecule has 0 unspecified atom stereocenters. The number of nitrogen functional groups attached to an aromatic ring is 1. The lowest BCUT2D eigenvalue weighted by Crippen LogP contribution is -2.12. The number of hydrogen-bond acceptors (Lipinski definition) is 3. The van der Waals surface area contributed by atoms with E-state index in [1.807, 2.05) is 24.3 Å². The number of aromatic nitrogens is 3. The number of hydrogen-bond donors (Lipinski definition) is 1. The van der Waals surface area contributed by atoms with Crippen molar-refractivity contribution in [1.82, 2.24) is 14.8 Å². The van der Waals surface area contributed by atoms with Crippen LogP contribution in [0.2, 0.25) is 0 Å². The van der Waals surface area contributed by atoms with E-state index in [0.29, 0.717) is 5.82 Å². The van der Waals surface area contributed by atoms with E-state index < -0.39 is 0 Å². The molecule has 0 atom stereocenters. The molecule has 0 bridgehead atoms. The van der Waals surface area contributed by atoms with E-state index >= 15 is 0 Å². The maximum absolute atomic E-state index is 5.93. The van der Waals surface area contributed by atoms with Crippen molar-refractivity contribution in [1.29, 1.82) is 0 Å². The fourth-order valence-electron chi connectivity index (χ4n) is 1.42. The Labute approximate surface area is 95.1 Å². The van der Waals surface area contributed by atoms with Crippen molar-refractivity contribution in [3.63, 3.8) is 0 Å². The van der Waals surface area contributed by atoms with Crippen molar-refractivity contribution >= 4 is 5.82 Å². The van der Waals surface area contributed by atoms with E-state index in [-0.39, 0.29) is 5.41 Å². The third-order valence-electron chi connectivity index (χ3n) is 2.37. The van der Waals surface area contributed by atoms with Crippen LogP contribution in [0.15, 0.2) is 30.5 Å². The Kier molecular flexibility index (Phi) is 2.42. The minimum Gasteiger partial charge on any atom is -0.384 e. The average molecular weight is 216 g/mol. The van der Waals surface area contributed by atoms with E-state index in [4.69, 9.17) is 5.73 Å². The molecule has 0 saturated carbocycles. The van der Waals surface area contributed by atoms with Gasteiger partial charge in [-0.25, -0.2) is 4.98 Å². The van der Waals surface area contributed by atoms with Gasteiger partial charge >= 0.3 is 0 Å². The van der Waals surface area contributed by atoms with Gasteiger partial charge in [-0.1, -0.05) is 26.8 Å². The van der Waals surface area contributed by atoms with Gasteiger partial charge in [-0.2, -0.15) is 9.78 Å². The van der Waals surface area contributed by atoms with E-state index in [9.17, 15) is 0 Å². The van der Waals surface area contributed by atoms with Gasteiger partial charge in [0.1, 0.15) is 5.82 Å². The van der Waals surface area contributed by atoms with Crippen molar-refractivity contribution in [2.45, 2.75) is 26.2 Å². The summed E-state index contributed by atoms with van der Waals surface area (Å²) >= 11 is 0. The summed E-state index contributed by atoms with van der Waals surface area (Å²) in [6.45, 7) is 6.33. The van der Waals surface area contributed by atoms with Gasteiger partial charge < -0.3 is 5.73 Å². The van der Waals surface area contributed by atoms with Crippen molar-refractivity contribution < 1.29 is 0 Å². The Morgan fingerprint density at radius 2 is 2.00 bits per heavy atom. The highest BCUT2D eigenvalue weighted by atomic mass is 15.3. The van der Waals surface area contributed by atoms with Gasteiger partial charge in [0.05, 0.1) is 5.69 Å². The summed E-state index contributed by atoms with van der Waals surface area (Å²) in [5.41, 5.74) is 6.89. The Hall–Kier alpha value is -1.84. The van der Waals surface area contributed by atoms with Gasteiger partial charge in [0.15, 0.2) is 5.82 Å². The largest absolute Gasteiger partial charge is 0.384 e. The molecule has 16 heavy (non-hydrogen) atoms. The first kappa shape index (κ1) is 10.7. The van der Waals surface area contributed by atoms with Crippen LogP contribution in [0.1, 0.15) is 26.5 Å². The highest BCUT2D eigenvalue weighted by molar-refractivity contribution is 5.40. The third-order valence-corrected chi connectivity index (χ3v) is 2.37. The van der Waals surface area contributed by atoms with Gasteiger partial charge in [0.2, 0.25) is 0 Å². The first-order chi connectivity index (χ1) is 7.48. The van der Waals surface area contributed by atoms with Crippen LogP contribution in [0.4, 0.5) is 5.82 Å². The lowest BCUT2D eigenvalue weighted by molar-refractivity contribution is 0.559. The third kappa shape index (κ3) is 1.91. The van der Waals surface area contributed by atoms with E-state index in [1.165, 1.54) is 0 Å². The summed E-state index contributed by atoms with van der Waals surface area (Å²) < 4.78 is 1.67. The average Bonchev–Trinajstić information content (AvgIpc) is 2.61. The van der Waals surface area contributed by atoms with Gasteiger partial charge in [-0.15, -0.1) is 0 Å². The molecule has 84 valence electrons. The molecule has 2 aromatic rings. The zero-order valence-electron chi connectivity index (χ0n) is 9.81. The molecular formula is C12H16N4. The maximum atomic E-state index is 5.93. The molecule has 2 heterocycles. The quantitative estimate of drug-likeness (QED) is 0.794. The smallest absolute Gasteiger partial charge is 0.155 e. The van der Waals surface area contributed by atoms with Crippen LogP contribution in [0, 0.1) is 0 Å². The minimum absolute atomic E-state index is 0.00580. The molecule has 0 saturated heterocycles. The Morgan fingerprint density at radius 1 is 1.25 bits per heavy atom. The molecule has 0 spiro atoms. The zero-order valence-corrected chi connectivity index (χ0v) is 9.81. The second-order valence-corrected chi connectivity index (χ2v) is 4.80. The SMILES string of the molecule is CC(C)(C)c1cc(N)n(-c2ccccn2)n1. The first-order valence-electron chi connectivity index (χ1n) is 5.26. The first-order valence-corrected chi connectivity index (χ1v) is 5.26. The normalized spacial score (nSPS) is 11.7. The van der Waals surface area contributed by atoms with Crippen LogP contribution in [-0.2, 0) is 5.41 Å². The van der Waals surface area contributed by atoms with Crippen molar-refractivity contribution in [3.05, 3.63) is 36.2 Å². The van der Waals surface area contributed by atoms with Gasteiger partial charge in [-0.3, -0.25) is 0 Å². The lowest BCUT2D eigenvalue weighted by Gasteiger charge is -2.13. The molecule has 0 aliphatic rings. The fourth-order valence-corrected chi connectivity index (χ4v) is 1.42. The predicted molar refractivity (Wildman–Crippen MR) is 64.5 cm³/mol. The van der Waals surface area contributed by atoms with E-state index in [1.54, 1.807) is 10.9 Å². The Morgan fingerprint density at radius 3 is 2.50 bits per heavy atom. The van der Waals surface area contributed by atoms with Gasteiger partial charge in [0.25, 0.3) is 0 Å². The molecule has 4 heteroatoms. The Balaban J connectivity index is 2.48. The van der Waals surface area contributed by atoms with Gasteiger partial charge in [0, 0.05) is 17.7 Å². The molecule has 4 nitrogen and oxygen atoms in total. The summed E-state index contributed by atoms with van der Waals surface area (Å²) in [4.78, 5) is 4.23. The summed E-state index contributed by atoms with van der Waals surface area (Å²) in [6.07, 6.45) is 1.73. The molecular weight excluding hydrogens is 200 g/mol. The topological polar surface area (TPSA) is 56.7 Å². The van der Waals surface area contributed by atoms with Crippen LogP contribution in [0.25, 0.3) is 5.82 Å². The molecule has 0 amide bonds. The standard InChI is InChI=1S/C12H16N4/c1-12(2,3)9-8-10(13)16(15-9)11-6-4-5-7-14-11/h4-8H,13H2,1-3H3. The fraction of sp³-hybridized carbons (Fsp3) is 0.333. The highest BCUT2D eigenvalue weighted by Crippen LogP contribution is 2.23. The summed E-state index contributed by atoms with van der Waals surface area (Å²) in [7, 11) is 0. The minimum atomic E-state index is -0.00580. The molecule has 0 aliphatic carbocycles. The summed E-state index contributed by atoms with van der Waals surface area (Å²) in [5, 5.41) is 4.48. The summed E-state index contributed by atoms with van der Waals surface area (Å²) in [6, 6.07) is 7.57. The predicted octanol–water partition coefficient (Wildman–Crippen LogP) is 2.15. The van der Waals surface area contributed by atoms with Crippen LogP contribution in [0.3, 0.4) is 0 Å². The molecule has 2 aromatic heterocycles. The highest BCUT2D eigenvalue weighted by Gasteiger charge is 2.19. The Bertz CT molecular complexity index is 479. The molecule has 0 aromatic carbocycles. The number of nitrogens with two attached hydrogens (primary N) is 1. The van der Waals surface area contributed by atoms with E-state index in [2.05, 4.69) is 30.9 Å². The number of anilines is 1. The molecule has 2 rings (SSSR count). The lowest BCUT2D eigenvalue weighted by atomic mass is 9.92. The molecule has 0 fully saturated rings. The summed E-state index contributed by atoms with van der Waals surface area (Å²) in [5.74, 6) is 1.36. The zero-order chi connectivity index (χ0) is 11.8. The number of rotatable bonds is 1. The maximum Gasteiger partial charge on any atom is 0.155 e. The van der Waals surface area contributed by atoms with Crippen LogP contribution in [-0.4, -0.2) is 14.8 Å². The molecule has 0 radical (unpaired) electrons. The monoisotopic (exact) mass is 216 g/mol. The number of nitrogens with zero attached hydrogens (tertiary/aromatic N) is 3. The van der Waals surface area contributed by atoms with Crippen molar-refractivity contribution in [2.75, 3.05) is 5.73 Å². The second-order valence-electron chi connectivity index (χ2n) is 4.80. The number of pyridine rings is 1. The second kappa shape index (κ2) is 3.63. The molecule has 0 aliphatic heterocycles. The van der Waals surface area contributed by atoms with E-state index in [0.717, 1.165) is 11.5 Å².